The predicted molar refractivity (Wildman–Crippen MR) is 351 cm³/mol. The highest BCUT2D eigenvalue weighted by Crippen LogP contribution is 2.27. The summed E-state index contributed by atoms with van der Waals surface area (Å²) < 4.78 is 0. The Balaban J connectivity index is 1.41. The van der Waals surface area contributed by atoms with Crippen molar-refractivity contribution in [2.45, 2.75) is 158 Å². The number of aromatic hydroxyl groups is 1. The Bertz CT molecular complexity index is 3080. The summed E-state index contributed by atoms with van der Waals surface area (Å²) in [5, 5.41) is 52.3. The molecule has 522 valence electrons. The van der Waals surface area contributed by atoms with Gasteiger partial charge in [-0.3, -0.25) is 67.1 Å². The molecule has 0 unspecified atom stereocenters. The number of aromatic amines is 1. The van der Waals surface area contributed by atoms with E-state index in [1.54, 1.807) is 27.7 Å². The zero-order chi connectivity index (χ0) is 69.5. The fourth-order valence-electron chi connectivity index (χ4n) is 10.4. The molecule has 4 fully saturated rings. The van der Waals surface area contributed by atoms with Crippen molar-refractivity contribution in [3.8, 4) is 5.75 Å². The molecule has 6 rings (SSSR count). The highest BCUT2D eigenvalue weighted by atomic mass is 33.1. The molecule has 4 aliphatic heterocycles. The molecule has 0 aliphatic carbocycles. The smallest absolute Gasteiger partial charge is 0.246 e. The zero-order valence-corrected chi connectivity index (χ0v) is 56.1. The Hall–Kier alpha value is -7.87. The van der Waals surface area contributed by atoms with Crippen molar-refractivity contribution in [2.75, 3.05) is 49.2 Å². The first-order chi connectivity index (χ1) is 45.2. The second-order valence-corrected chi connectivity index (χ2v) is 29.0. The number of amides is 14. The molecule has 95 heavy (non-hydrogen) atoms. The first kappa shape index (κ1) is 76.2. The number of phenolic OH excluding ortho intramolecular Hbond substituents is 1. The lowest BCUT2D eigenvalue weighted by atomic mass is 10.0. The van der Waals surface area contributed by atoms with Crippen LogP contribution in [0.3, 0.4) is 0 Å². The van der Waals surface area contributed by atoms with E-state index in [-0.39, 0.29) is 92.1 Å². The predicted octanol–water partition coefficient (Wildman–Crippen LogP) is -5.16. The summed E-state index contributed by atoms with van der Waals surface area (Å²) >= 11 is 0. The van der Waals surface area contributed by atoms with E-state index in [0.717, 1.165) is 48.1 Å². The van der Waals surface area contributed by atoms with Gasteiger partial charge in [-0.25, -0.2) is 4.98 Å². The Morgan fingerprint density at radius 1 is 0.695 bits per heavy atom. The highest BCUT2D eigenvalue weighted by Gasteiger charge is 2.44. The average Bonchev–Trinajstić information content (AvgIpc) is 1.71. The lowest BCUT2D eigenvalue weighted by Gasteiger charge is -2.31. The molecule has 2 bridgehead atoms. The minimum absolute atomic E-state index is 0.00266. The van der Waals surface area contributed by atoms with Crippen molar-refractivity contribution in [2.24, 2.45) is 23.3 Å². The molecule has 5 heterocycles. The second kappa shape index (κ2) is 37.4. The maximum atomic E-state index is 15.0. The number of carbonyl (C=O) groups excluding carboxylic acids is 14. The number of primary amides is 1. The molecule has 0 spiro atoms. The molecule has 19 N–H and O–H groups in total. The standard InChI is InChI=1S/C58H85N17O16S4/c1-28(2)15-36-52(85)72-41-25-95-93-24-40(50(83)63-20-45(79)66-37(16-30-8-10-32(76)11-9-30)53(86)67-34(51(84)68-36)7-5-6-14-59)71-55(88)42(73-57(90)47(29(3)4)74-46(80)21-62-49(82)35-12-13-44(78)65-35)26-94-92-23-39(48(60)81)70-56(89)43-18-33(77)22-75(43)58(91)38(69-54(41)87)17-31-19-61-27-64-31/h8-11,19,27-29,33-43,47,76-77H,5-7,12-18,20-26,59H2,1-4H3,(H2,60,81)(H,61,64)(H,62,82)(H,63,83)(H,65,78)(H,66,79)(H,67,86)(H,68,84)(H,69,87)(H,70,89)(H,71,88)(H,72,85)(H,73,90)(H,74,80)/t33-,34+,35+,36+,37+,38-,39+,40+,41-,42+,43+,47+/m1/s1. The van der Waals surface area contributed by atoms with E-state index in [4.69, 9.17) is 11.5 Å². The first-order valence-electron chi connectivity index (χ1n) is 31.0. The summed E-state index contributed by atoms with van der Waals surface area (Å²) in [6.07, 6.45) is 1.71. The van der Waals surface area contributed by atoms with E-state index >= 15 is 0 Å². The molecule has 2 aromatic rings. The fourth-order valence-corrected chi connectivity index (χ4v) is 15.0. The van der Waals surface area contributed by atoms with Crippen molar-refractivity contribution in [1.29, 1.82) is 0 Å². The van der Waals surface area contributed by atoms with Crippen molar-refractivity contribution in [3.63, 3.8) is 0 Å². The van der Waals surface area contributed by atoms with Crippen LogP contribution in [0.2, 0.25) is 0 Å². The first-order valence-corrected chi connectivity index (χ1v) is 36.0. The number of hydrogen-bond donors (Lipinski definition) is 17. The number of nitrogens with zero attached hydrogens (tertiary/aromatic N) is 2. The van der Waals surface area contributed by atoms with Gasteiger partial charge >= 0.3 is 0 Å². The molecular weight excluding hydrogens is 1320 g/mol. The topological polar surface area (TPSA) is 508 Å². The third-order valence-electron chi connectivity index (χ3n) is 15.5. The van der Waals surface area contributed by atoms with Gasteiger partial charge in [-0.1, -0.05) is 83.0 Å². The molecule has 0 saturated carbocycles. The molecule has 0 radical (unpaired) electrons. The summed E-state index contributed by atoms with van der Waals surface area (Å²) in [4.78, 5) is 204. The van der Waals surface area contributed by atoms with Crippen molar-refractivity contribution < 1.29 is 77.3 Å². The van der Waals surface area contributed by atoms with Gasteiger partial charge in [0.15, 0.2) is 0 Å². The van der Waals surface area contributed by atoms with E-state index in [2.05, 4.69) is 73.8 Å². The van der Waals surface area contributed by atoms with Gasteiger partial charge in [0.1, 0.15) is 72.2 Å². The van der Waals surface area contributed by atoms with Gasteiger partial charge in [0.05, 0.1) is 25.5 Å². The Morgan fingerprint density at radius 3 is 1.98 bits per heavy atom. The van der Waals surface area contributed by atoms with Crippen LogP contribution in [0.5, 0.6) is 5.75 Å². The average molecular weight is 1400 g/mol. The highest BCUT2D eigenvalue weighted by molar-refractivity contribution is 8.77. The number of unbranched alkanes of at least 4 members (excludes halogenated alkanes) is 1. The lowest BCUT2D eigenvalue weighted by molar-refractivity contribution is -0.142. The normalized spacial score (nSPS) is 26.4. The van der Waals surface area contributed by atoms with Crippen LogP contribution in [0.15, 0.2) is 36.8 Å². The summed E-state index contributed by atoms with van der Waals surface area (Å²) in [5.41, 5.74) is 12.4. The zero-order valence-electron chi connectivity index (χ0n) is 52.9. The van der Waals surface area contributed by atoms with E-state index in [1.165, 1.54) is 36.8 Å². The van der Waals surface area contributed by atoms with Gasteiger partial charge in [-0.2, -0.15) is 0 Å². The number of phenols is 1. The van der Waals surface area contributed by atoms with Crippen LogP contribution >= 0.6 is 43.2 Å². The molecule has 1 aromatic carbocycles. The molecule has 37 heteroatoms. The number of aliphatic hydroxyl groups excluding tert-OH is 1. The number of rotatable bonds is 18. The Kier molecular flexibility index (Phi) is 30.0. The summed E-state index contributed by atoms with van der Waals surface area (Å²) in [6, 6.07) is -9.86. The van der Waals surface area contributed by atoms with Gasteiger partial charge in [0, 0.05) is 67.1 Å². The SMILES string of the molecule is CC(C)C[C@@H]1NC(=O)[C@H](CCCCN)NC(=O)[C@H](Cc2ccc(O)cc2)NC(=O)CNC(=O)[C@@H]2CSSC[C@@H](NC1=O)C(=O)N[C@H](Cc1cnc[nH]1)C(=O)N1C[C@H](O)C[C@H]1C(=O)N[C@H](C(N)=O)CSSC[C@H](NC(=O)[C@@H](NC(=O)CNC(=O)[C@@H]1CCC(=O)N1)C(C)C)C(=O)N2. The Labute approximate surface area is 563 Å². The minimum atomic E-state index is -1.60. The fraction of sp³-hybridized carbons (Fsp3) is 0.603. The molecule has 4 aliphatic rings. The van der Waals surface area contributed by atoms with Crippen molar-refractivity contribution in [3.05, 3.63) is 48.0 Å². The molecule has 33 nitrogen and oxygen atoms in total. The lowest BCUT2D eigenvalue weighted by Crippen LogP contribution is -2.61. The van der Waals surface area contributed by atoms with Crippen LogP contribution in [-0.2, 0) is 80.0 Å². The number of imidazole rings is 1. The van der Waals surface area contributed by atoms with Crippen LogP contribution in [0.25, 0.3) is 0 Å². The van der Waals surface area contributed by atoms with Gasteiger partial charge in [0.25, 0.3) is 0 Å². The van der Waals surface area contributed by atoms with Crippen molar-refractivity contribution in [1.82, 2.24) is 78.7 Å². The van der Waals surface area contributed by atoms with E-state index in [9.17, 15) is 77.3 Å². The third-order valence-corrected chi connectivity index (χ3v) is 20.3. The third kappa shape index (κ3) is 24.1. The Morgan fingerprint density at radius 2 is 1.34 bits per heavy atom. The molecule has 4 saturated heterocycles. The number of fused-ring (bicyclic) bond motifs is 6. The van der Waals surface area contributed by atoms with Gasteiger partial charge in [0.2, 0.25) is 82.7 Å². The number of aliphatic hydroxyl groups is 1. The number of aromatic nitrogens is 2. The van der Waals surface area contributed by atoms with Crippen LogP contribution < -0.4 is 75.3 Å². The molecule has 1 aromatic heterocycles. The van der Waals surface area contributed by atoms with Gasteiger partial charge in [-0.15, -0.1) is 0 Å². The molecule has 14 amide bonds. The van der Waals surface area contributed by atoms with E-state index in [1.807, 2.05) is 0 Å². The van der Waals surface area contributed by atoms with Crippen LogP contribution in [0.4, 0.5) is 0 Å². The molecular formula is C58H85N17O16S4. The van der Waals surface area contributed by atoms with E-state index < -0.39 is 175 Å². The number of carbonyl (C=O) groups is 14. The maximum Gasteiger partial charge on any atom is 0.246 e. The summed E-state index contributed by atoms with van der Waals surface area (Å²) in [6.45, 7) is 5.14. The number of benzene rings is 1. The largest absolute Gasteiger partial charge is 0.508 e. The monoisotopic (exact) mass is 1400 g/mol. The number of nitrogens with one attached hydrogen (secondary N) is 13. The van der Waals surface area contributed by atoms with Crippen molar-refractivity contribution >= 4 is 126 Å². The summed E-state index contributed by atoms with van der Waals surface area (Å²) in [5.74, 6) is -14.3. The van der Waals surface area contributed by atoms with Crippen LogP contribution in [-0.4, -0.2) is 230 Å². The second-order valence-electron chi connectivity index (χ2n) is 23.9. The minimum Gasteiger partial charge on any atom is -0.508 e. The number of H-pyrrole nitrogens is 1. The quantitative estimate of drug-likeness (QED) is 0.0490. The number of hydrogen-bond acceptors (Lipinski definition) is 22. The van der Waals surface area contributed by atoms with Crippen LogP contribution in [0, 0.1) is 11.8 Å². The molecule has 12 atom stereocenters. The van der Waals surface area contributed by atoms with E-state index in [0.29, 0.717) is 24.1 Å². The maximum absolute atomic E-state index is 15.0. The number of nitrogens with two attached hydrogens (primary N) is 2. The van der Waals surface area contributed by atoms with Gasteiger partial charge < -0.3 is 95.4 Å². The summed E-state index contributed by atoms with van der Waals surface area (Å²) in [7, 11) is 3.66. The van der Waals surface area contributed by atoms with Gasteiger partial charge in [-0.05, 0) is 68.2 Å². The van der Waals surface area contributed by atoms with Crippen LogP contribution in [0.1, 0.15) is 83.9 Å².